The lowest BCUT2D eigenvalue weighted by molar-refractivity contribution is -0.147. The Morgan fingerprint density at radius 2 is 2.07 bits per heavy atom. The number of aliphatic hydroxyl groups excluding tert-OH is 1. The molecule has 2 aromatic rings. The summed E-state index contributed by atoms with van der Waals surface area (Å²) in [6.07, 6.45) is 3.86. The van der Waals surface area contributed by atoms with Crippen LogP contribution in [-0.4, -0.2) is 39.4 Å². The Hall–Kier alpha value is -1.48. The average Bonchev–Trinajstić information content (AvgIpc) is 2.63. The molecule has 1 aromatic heterocycles. The summed E-state index contributed by atoms with van der Waals surface area (Å²) in [6, 6.07) is 2.35. The van der Waals surface area contributed by atoms with Crippen molar-refractivity contribution < 1.29 is 14.6 Å². The van der Waals surface area contributed by atoms with Crippen molar-refractivity contribution in [2.45, 2.75) is 51.3 Å². The molecule has 0 aliphatic rings. The quantitative estimate of drug-likeness (QED) is 0.440. The standard InChI is InChI=1S/C18H23BrClN3O4/c1-11(24)16(21)18(26)27-7-5-3-2-4-6-23-10-22-15-9-13(19)14(20)8-12(15)17(23)25/h8-11,16,24H,2-7,21H2,1H3/t11-,16+/m1/s1. The van der Waals surface area contributed by atoms with Gasteiger partial charge in [-0.1, -0.05) is 18.0 Å². The van der Waals surface area contributed by atoms with E-state index in [0.717, 1.165) is 19.3 Å². The lowest BCUT2D eigenvalue weighted by Gasteiger charge is -2.13. The van der Waals surface area contributed by atoms with Crippen LogP contribution in [0.5, 0.6) is 0 Å². The molecule has 0 fully saturated rings. The molecular formula is C18H23BrClN3O4. The van der Waals surface area contributed by atoms with Gasteiger partial charge in [0, 0.05) is 11.0 Å². The number of benzene rings is 1. The Morgan fingerprint density at radius 3 is 2.78 bits per heavy atom. The topological polar surface area (TPSA) is 107 Å². The highest BCUT2D eigenvalue weighted by molar-refractivity contribution is 9.10. The molecule has 3 N–H and O–H groups in total. The molecule has 0 radical (unpaired) electrons. The number of carbonyl (C=O) groups is 1. The summed E-state index contributed by atoms with van der Waals surface area (Å²) in [4.78, 5) is 28.3. The van der Waals surface area contributed by atoms with Crippen molar-refractivity contribution in [3.05, 3.63) is 38.3 Å². The number of hydrogen-bond donors (Lipinski definition) is 2. The van der Waals surface area contributed by atoms with E-state index in [9.17, 15) is 14.7 Å². The van der Waals surface area contributed by atoms with Crippen molar-refractivity contribution in [2.24, 2.45) is 5.73 Å². The van der Waals surface area contributed by atoms with E-state index in [1.807, 2.05) is 0 Å². The number of nitrogens with zero attached hydrogens (tertiary/aromatic N) is 2. The van der Waals surface area contributed by atoms with Gasteiger partial charge in [0.2, 0.25) is 0 Å². The highest BCUT2D eigenvalue weighted by atomic mass is 79.9. The number of hydrogen-bond acceptors (Lipinski definition) is 6. The van der Waals surface area contributed by atoms with Gasteiger partial charge in [-0.05, 0) is 54.2 Å². The minimum Gasteiger partial charge on any atom is -0.464 e. The van der Waals surface area contributed by atoms with Crippen molar-refractivity contribution in [3.8, 4) is 0 Å². The molecule has 0 aliphatic carbocycles. The number of aliphatic hydroxyl groups is 1. The SMILES string of the molecule is C[C@@H](O)[C@H](N)C(=O)OCCCCCCn1cnc2cc(Br)c(Cl)cc2c1=O. The van der Waals surface area contributed by atoms with Crippen LogP contribution >= 0.6 is 27.5 Å². The highest BCUT2D eigenvalue weighted by Crippen LogP contribution is 2.25. The van der Waals surface area contributed by atoms with E-state index in [1.54, 1.807) is 23.0 Å². The fraction of sp³-hybridized carbons (Fsp3) is 0.500. The molecule has 1 heterocycles. The van der Waals surface area contributed by atoms with Crippen LogP contribution in [0.1, 0.15) is 32.6 Å². The number of ether oxygens (including phenoxy) is 1. The molecule has 7 nitrogen and oxygen atoms in total. The third-order valence-corrected chi connectivity index (χ3v) is 5.39. The van der Waals surface area contributed by atoms with Crippen LogP contribution in [0.25, 0.3) is 10.9 Å². The van der Waals surface area contributed by atoms with Gasteiger partial charge in [0.05, 0.1) is 35.0 Å². The van der Waals surface area contributed by atoms with Gasteiger partial charge < -0.3 is 15.6 Å². The number of aryl methyl sites for hydroxylation is 1. The minimum atomic E-state index is -1.01. The van der Waals surface area contributed by atoms with Gasteiger partial charge in [0.1, 0.15) is 6.04 Å². The van der Waals surface area contributed by atoms with Gasteiger partial charge in [0.15, 0.2) is 0 Å². The maximum atomic E-state index is 12.5. The van der Waals surface area contributed by atoms with Crippen LogP contribution in [0, 0.1) is 0 Å². The fourth-order valence-corrected chi connectivity index (χ4v) is 3.01. The van der Waals surface area contributed by atoms with Gasteiger partial charge in [-0.15, -0.1) is 0 Å². The third kappa shape index (κ3) is 6.00. The number of aromatic nitrogens is 2. The number of rotatable bonds is 9. The van der Waals surface area contributed by atoms with Crippen molar-refractivity contribution in [1.29, 1.82) is 0 Å². The summed E-state index contributed by atoms with van der Waals surface area (Å²) in [5.41, 5.74) is 5.97. The van der Waals surface area contributed by atoms with E-state index in [2.05, 4.69) is 20.9 Å². The lowest BCUT2D eigenvalue weighted by Crippen LogP contribution is -2.41. The summed E-state index contributed by atoms with van der Waals surface area (Å²) in [6.45, 7) is 2.27. The summed E-state index contributed by atoms with van der Waals surface area (Å²) >= 11 is 9.39. The van der Waals surface area contributed by atoms with Crippen molar-refractivity contribution >= 4 is 44.4 Å². The molecule has 1 aromatic carbocycles. The average molecular weight is 461 g/mol. The molecular weight excluding hydrogens is 438 g/mol. The molecule has 0 amide bonds. The van der Waals surface area contributed by atoms with Gasteiger partial charge in [0.25, 0.3) is 5.56 Å². The predicted octanol–water partition coefficient (Wildman–Crippen LogP) is 2.62. The predicted molar refractivity (Wildman–Crippen MR) is 108 cm³/mol. The number of carbonyl (C=O) groups excluding carboxylic acids is 1. The monoisotopic (exact) mass is 459 g/mol. The van der Waals surface area contributed by atoms with Crippen molar-refractivity contribution in [3.63, 3.8) is 0 Å². The fourth-order valence-electron chi connectivity index (χ4n) is 2.52. The number of unbranched alkanes of at least 4 members (excludes halogenated alkanes) is 3. The highest BCUT2D eigenvalue weighted by Gasteiger charge is 2.19. The molecule has 0 saturated carbocycles. The largest absolute Gasteiger partial charge is 0.464 e. The van der Waals surface area contributed by atoms with Crippen LogP contribution in [0.2, 0.25) is 5.02 Å². The van der Waals surface area contributed by atoms with E-state index in [4.69, 9.17) is 22.1 Å². The smallest absolute Gasteiger partial charge is 0.325 e. The second kappa shape index (κ2) is 10.2. The first-order valence-corrected chi connectivity index (χ1v) is 9.93. The second-order valence-corrected chi connectivity index (χ2v) is 7.64. The van der Waals surface area contributed by atoms with E-state index in [1.165, 1.54) is 6.92 Å². The molecule has 27 heavy (non-hydrogen) atoms. The van der Waals surface area contributed by atoms with Crippen LogP contribution in [0.4, 0.5) is 0 Å². The molecule has 148 valence electrons. The molecule has 9 heteroatoms. The second-order valence-electron chi connectivity index (χ2n) is 6.37. The van der Waals surface area contributed by atoms with E-state index in [-0.39, 0.29) is 12.2 Å². The summed E-state index contributed by atoms with van der Waals surface area (Å²) < 4.78 is 7.30. The Kier molecular flexibility index (Phi) is 8.22. The first-order valence-electron chi connectivity index (χ1n) is 8.75. The Morgan fingerprint density at radius 1 is 1.37 bits per heavy atom. The van der Waals surface area contributed by atoms with Gasteiger partial charge >= 0.3 is 5.97 Å². The van der Waals surface area contributed by atoms with Crippen LogP contribution in [0.3, 0.4) is 0 Å². The number of esters is 1. The molecule has 0 spiro atoms. The maximum absolute atomic E-state index is 12.5. The first-order chi connectivity index (χ1) is 12.8. The summed E-state index contributed by atoms with van der Waals surface area (Å²) in [5, 5.41) is 10.2. The van der Waals surface area contributed by atoms with Crippen LogP contribution in [-0.2, 0) is 16.1 Å². The Balaban J connectivity index is 1.76. The summed E-state index contributed by atoms with van der Waals surface area (Å²) in [7, 11) is 0. The number of halogens is 2. The first kappa shape index (κ1) is 21.8. The van der Waals surface area contributed by atoms with Gasteiger partial charge in [-0.25, -0.2) is 4.98 Å². The summed E-state index contributed by atoms with van der Waals surface area (Å²) in [5.74, 6) is -0.593. The van der Waals surface area contributed by atoms with E-state index >= 15 is 0 Å². The molecule has 0 unspecified atom stereocenters. The zero-order chi connectivity index (χ0) is 20.0. The van der Waals surface area contributed by atoms with Crippen LogP contribution in [0.15, 0.2) is 27.7 Å². The zero-order valence-electron chi connectivity index (χ0n) is 15.0. The van der Waals surface area contributed by atoms with Gasteiger partial charge in [-0.3, -0.25) is 14.2 Å². The molecule has 2 atom stereocenters. The maximum Gasteiger partial charge on any atom is 0.325 e. The Bertz CT molecular complexity index is 856. The number of nitrogens with two attached hydrogens (primary N) is 1. The van der Waals surface area contributed by atoms with E-state index < -0.39 is 18.1 Å². The number of fused-ring (bicyclic) bond motifs is 1. The molecule has 0 bridgehead atoms. The Labute approximate surface area is 170 Å². The van der Waals surface area contributed by atoms with E-state index in [0.29, 0.717) is 33.4 Å². The zero-order valence-corrected chi connectivity index (χ0v) is 17.4. The van der Waals surface area contributed by atoms with Crippen LogP contribution < -0.4 is 11.3 Å². The molecule has 2 rings (SSSR count). The normalized spacial score (nSPS) is 13.5. The lowest BCUT2D eigenvalue weighted by atomic mass is 10.2. The van der Waals surface area contributed by atoms with Gasteiger partial charge in [-0.2, -0.15) is 0 Å². The molecule has 0 aliphatic heterocycles. The van der Waals surface area contributed by atoms with Crippen molar-refractivity contribution in [1.82, 2.24) is 9.55 Å². The molecule has 0 saturated heterocycles. The minimum absolute atomic E-state index is 0.115. The third-order valence-electron chi connectivity index (χ3n) is 4.20. The van der Waals surface area contributed by atoms with Crippen molar-refractivity contribution in [2.75, 3.05) is 6.61 Å².